The Hall–Kier alpha value is -0.850. The van der Waals surface area contributed by atoms with Crippen LogP contribution < -0.4 is 16.6 Å². The molecule has 0 spiro atoms. The summed E-state index contributed by atoms with van der Waals surface area (Å²) in [7, 11) is 0. The van der Waals surface area contributed by atoms with E-state index in [1.54, 1.807) is 6.92 Å². The Bertz CT molecular complexity index is 464. The van der Waals surface area contributed by atoms with Crippen LogP contribution >= 0.6 is 15.9 Å². The first-order chi connectivity index (χ1) is 8.75. The van der Waals surface area contributed by atoms with E-state index in [2.05, 4.69) is 15.9 Å². The van der Waals surface area contributed by atoms with Gasteiger partial charge in [0.2, 0.25) is 0 Å². The highest BCUT2D eigenvalue weighted by molar-refractivity contribution is 9.10. The Labute approximate surface area is 121 Å². The minimum atomic E-state index is -0.915. The molecule has 0 aliphatic rings. The summed E-state index contributed by atoms with van der Waals surface area (Å²) in [4.78, 5) is 0. The van der Waals surface area contributed by atoms with Gasteiger partial charge in [-0.05, 0) is 47.3 Å². The van der Waals surface area contributed by atoms with E-state index in [1.807, 2.05) is 13.8 Å². The number of hydrogen-bond donors (Lipinski definition) is 3. The minimum Gasteiger partial charge on any atom is -0.397 e. The monoisotopic (exact) mass is 333 g/mol. The number of hydrazine groups is 1. The number of aliphatic hydroxyl groups is 1. The first-order valence-electron chi connectivity index (χ1n) is 6.24. The first kappa shape index (κ1) is 16.2. The fraction of sp³-hybridized carbons (Fsp3) is 0.538. The molecule has 108 valence electrons. The standard InChI is InChI=1S/C13H21BrFN3O/c1-4-13(19,5-2)7-18(17)12-9(16)6-8(3)11(15)10(12)14/h6,19H,4-5,7,16-17H2,1-3H3. The molecule has 0 aliphatic heterocycles. The summed E-state index contributed by atoms with van der Waals surface area (Å²) in [6, 6.07) is 1.53. The van der Waals surface area contributed by atoms with E-state index < -0.39 is 11.4 Å². The average Bonchev–Trinajstić information content (AvgIpc) is 2.35. The van der Waals surface area contributed by atoms with Gasteiger partial charge in [0.15, 0.2) is 0 Å². The molecule has 0 radical (unpaired) electrons. The minimum absolute atomic E-state index is 0.186. The second-order valence-electron chi connectivity index (χ2n) is 4.82. The zero-order chi connectivity index (χ0) is 14.8. The van der Waals surface area contributed by atoms with E-state index in [0.717, 1.165) is 0 Å². The van der Waals surface area contributed by atoms with Gasteiger partial charge in [0.25, 0.3) is 0 Å². The van der Waals surface area contributed by atoms with Gasteiger partial charge in [-0.1, -0.05) is 13.8 Å². The number of nitrogens with zero attached hydrogens (tertiary/aromatic N) is 1. The van der Waals surface area contributed by atoms with E-state index in [0.29, 0.717) is 29.8 Å². The zero-order valence-electron chi connectivity index (χ0n) is 11.5. The van der Waals surface area contributed by atoms with Crippen molar-refractivity contribution in [3.8, 4) is 0 Å². The van der Waals surface area contributed by atoms with Crippen molar-refractivity contribution in [1.82, 2.24) is 0 Å². The van der Waals surface area contributed by atoms with E-state index in [4.69, 9.17) is 11.6 Å². The number of hydrogen-bond acceptors (Lipinski definition) is 4. The Morgan fingerprint density at radius 1 is 1.42 bits per heavy atom. The Morgan fingerprint density at radius 3 is 2.42 bits per heavy atom. The smallest absolute Gasteiger partial charge is 0.142 e. The number of anilines is 2. The molecule has 0 heterocycles. The molecular weight excluding hydrogens is 313 g/mol. The second-order valence-corrected chi connectivity index (χ2v) is 5.61. The van der Waals surface area contributed by atoms with Crippen LogP contribution in [0, 0.1) is 12.7 Å². The normalized spacial score (nSPS) is 11.7. The quantitative estimate of drug-likeness (QED) is 0.440. The van der Waals surface area contributed by atoms with Crippen molar-refractivity contribution in [2.24, 2.45) is 5.84 Å². The molecule has 0 fully saturated rings. The van der Waals surface area contributed by atoms with Gasteiger partial charge in [-0.15, -0.1) is 0 Å². The van der Waals surface area contributed by atoms with Crippen molar-refractivity contribution in [3.63, 3.8) is 0 Å². The molecule has 4 nitrogen and oxygen atoms in total. The van der Waals surface area contributed by atoms with Gasteiger partial charge in [-0.2, -0.15) is 0 Å². The topological polar surface area (TPSA) is 75.5 Å². The molecule has 0 aliphatic carbocycles. The van der Waals surface area contributed by atoms with Crippen LogP contribution in [-0.2, 0) is 0 Å². The lowest BCUT2D eigenvalue weighted by Crippen LogP contribution is -2.46. The summed E-state index contributed by atoms with van der Waals surface area (Å²) in [6.45, 7) is 5.58. The van der Waals surface area contributed by atoms with E-state index in [-0.39, 0.29) is 11.0 Å². The highest BCUT2D eigenvalue weighted by Crippen LogP contribution is 2.36. The summed E-state index contributed by atoms with van der Waals surface area (Å²) in [6.07, 6.45) is 1.12. The van der Waals surface area contributed by atoms with Gasteiger partial charge in [0.1, 0.15) is 5.82 Å². The molecule has 1 rings (SSSR count). The lowest BCUT2D eigenvalue weighted by molar-refractivity contribution is 0.0393. The van der Waals surface area contributed by atoms with Gasteiger partial charge in [-0.3, -0.25) is 0 Å². The summed E-state index contributed by atoms with van der Waals surface area (Å²) in [5.41, 5.74) is 6.17. The molecule has 0 bridgehead atoms. The molecule has 5 N–H and O–H groups in total. The molecule has 0 atom stereocenters. The predicted octanol–water partition coefficient (Wildman–Crippen LogP) is 2.71. The molecule has 0 saturated heterocycles. The Morgan fingerprint density at radius 2 is 1.95 bits per heavy atom. The van der Waals surface area contributed by atoms with Crippen LogP contribution in [0.4, 0.5) is 15.8 Å². The third-order valence-electron chi connectivity index (χ3n) is 3.46. The number of benzene rings is 1. The maximum atomic E-state index is 13.9. The molecule has 0 aromatic heterocycles. The SMILES string of the molecule is CCC(O)(CC)CN(N)c1c(N)cc(C)c(F)c1Br. The van der Waals surface area contributed by atoms with Crippen molar-refractivity contribution in [1.29, 1.82) is 0 Å². The van der Waals surface area contributed by atoms with E-state index in [9.17, 15) is 9.50 Å². The lowest BCUT2D eigenvalue weighted by atomic mass is 9.97. The van der Waals surface area contributed by atoms with Crippen LogP contribution in [0.2, 0.25) is 0 Å². The third kappa shape index (κ3) is 3.38. The van der Waals surface area contributed by atoms with Gasteiger partial charge in [0.05, 0.1) is 28.0 Å². The third-order valence-corrected chi connectivity index (χ3v) is 4.18. The molecular formula is C13H21BrFN3O. The van der Waals surface area contributed by atoms with Crippen molar-refractivity contribution < 1.29 is 9.50 Å². The maximum absolute atomic E-state index is 13.9. The van der Waals surface area contributed by atoms with Gasteiger partial charge >= 0.3 is 0 Å². The van der Waals surface area contributed by atoms with E-state index >= 15 is 0 Å². The highest BCUT2D eigenvalue weighted by Gasteiger charge is 2.27. The number of aryl methyl sites for hydroxylation is 1. The number of nitrogens with two attached hydrogens (primary N) is 2. The maximum Gasteiger partial charge on any atom is 0.142 e. The highest BCUT2D eigenvalue weighted by atomic mass is 79.9. The van der Waals surface area contributed by atoms with Crippen LogP contribution in [0.3, 0.4) is 0 Å². The molecule has 1 aromatic carbocycles. The largest absolute Gasteiger partial charge is 0.397 e. The zero-order valence-corrected chi connectivity index (χ0v) is 13.1. The molecule has 6 heteroatoms. The summed E-state index contributed by atoms with van der Waals surface area (Å²) < 4.78 is 14.1. The average molecular weight is 334 g/mol. The fourth-order valence-electron chi connectivity index (χ4n) is 1.93. The summed E-state index contributed by atoms with van der Waals surface area (Å²) >= 11 is 3.18. The summed E-state index contributed by atoms with van der Waals surface area (Å²) in [5.74, 6) is 5.56. The van der Waals surface area contributed by atoms with Crippen molar-refractivity contribution >= 4 is 27.3 Å². The number of rotatable bonds is 5. The molecule has 0 amide bonds. The number of nitrogen functional groups attached to an aromatic ring is 1. The van der Waals surface area contributed by atoms with Crippen LogP contribution in [0.5, 0.6) is 0 Å². The molecule has 19 heavy (non-hydrogen) atoms. The molecule has 0 saturated carbocycles. The van der Waals surface area contributed by atoms with Gasteiger partial charge < -0.3 is 15.8 Å². The molecule has 0 unspecified atom stereocenters. The van der Waals surface area contributed by atoms with Crippen molar-refractivity contribution in [2.45, 2.75) is 39.2 Å². The van der Waals surface area contributed by atoms with Gasteiger partial charge in [-0.25, -0.2) is 10.2 Å². The Kier molecular flexibility index (Phi) is 5.18. The van der Waals surface area contributed by atoms with Crippen LogP contribution in [0.25, 0.3) is 0 Å². The predicted molar refractivity (Wildman–Crippen MR) is 80.3 cm³/mol. The van der Waals surface area contributed by atoms with Crippen LogP contribution in [0.15, 0.2) is 10.5 Å². The molecule has 1 aromatic rings. The van der Waals surface area contributed by atoms with Gasteiger partial charge in [0, 0.05) is 0 Å². The first-order valence-corrected chi connectivity index (χ1v) is 7.03. The Balaban J connectivity index is 3.14. The van der Waals surface area contributed by atoms with Crippen molar-refractivity contribution in [3.05, 3.63) is 21.9 Å². The van der Waals surface area contributed by atoms with Crippen molar-refractivity contribution in [2.75, 3.05) is 17.3 Å². The van der Waals surface area contributed by atoms with Crippen LogP contribution in [-0.4, -0.2) is 17.3 Å². The van der Waals surface area contributed by atoms with Crippen LogP contribution in [0.1, 0.15) is 32.3 Å². The summed E-state index contributed by atoms with van der Waals surface area (Å²) in [5, 5.41) is 11.6. The van der Waals surface area contributed by atoms with E-state index in [1.165, 1.54) is 11.1 Å². The number of halogens is 2. The fourth-order valence-corrected chi connectivity index (χ4v) is 2.70. The second kappa shape index (κ2) is 6.07. The lowest BCUT2D eigenvalue weighted by Gasteiger charge is -2.32.